The van der Waals surface area contributed by atoms with Gasteiger partial charge in [0, 0.05) is 37.1 Å². The molecule has 0 saturated carbocycles. The first-order valence-electron chi connectivity index (χ1n) is 12.6. The highest BCUT2D eigenvalue weighted by atomic mass is 32.1. The molecule has 1 N–H and O–H groups in total. The monoisotopic (exact) mass is 529 g/mol. The van der Waals surface area contributed by atoms with E-state index >= 15 is 0 Å². The topological polar surface area (TPSA) is 87.7 Å². The number of likely N-dealkylation sites (tertiary alicyclic amines) is 1. The van der Waals surface area contributed by atoms with Gasteiger partial charge >= 0.3 is 0 Å². The van der Waals surface area contributed by atoms with Crippen LogP contribution in [0, 0.1) is 13.8 Å². The summed E-state index contributed by atoms with van der Waals surface area (Å²) in [5.41, 5.74) is 3.52. The summed E-state index contributed by atoms with van der Waals surface area (Å²) in [5, 5.41) is 2.87. The third kappa shape index (κ3) is 5.84. The molecule has 3 aromatic heterocycles. The zero-order valence-electron chi connectivity index (χ0n) is 22.0. The van der Waals surface area contributed by atoms with Crippen LogP contribution >= 0.6 is 11.3 Å². The minimum Gasteiger partial charge on any atom is -0.456 e. The lowest BCUT2D eigenvalue weighted by Crippen LogP contribution is -2.34. The number of nitrogens with one attached hydrogen (secondary N) is 1. The van der Waals surface area contributed by atoms with Crippen LogP contribution in [0.5, 0.6) is 11.5 Å². The van der Waals surface area contributed by atoms with E-state index in [-0.39, 0.29) is 18.2 Å². The highest BCUT2D eigenvalue weighted by Crippen LogP contribution is 2.36. The lowest BCUT2D eigenvalue weighted by atomic mass is 10.1. The number of hydrogen-bond acceptors (Lipinski definition) is 7. The van der Waals surface area contributed by atoms with Gasteiger partial charge in [-0.15, -0.1) is 11.3 Å². The molecule has 196 valence electrons. The Hall–Kier alpha value is -3.82. The van der Waals surface area contributed by atoms with E-state index in [0.29, 0.717) is 28.2 Å². The zero-order valence-corrected chi connectivity index (χ0v) is 22.8. The van der Waals surface area contributed by atoms with Crippen molar-refractivity contribution < 1.29 is 14.3 Å². The molecule has 1 aliphatic heterocycles. The molecule has 1 aliphatic rings. The Bertz CT molecular complexity index is 1460. The van der Waals surface area contributed by atoms with E-state index < -0.39 is 0 Å². The summed E-state index contributed by atoms with van der Waals surface area (Å²) in [7, 11) is 4.10. The van der Waals surface area contributed by atoms with Gasteiger partial charge in [-0.05, 0) is 75.8 Å². The molecule has 0 spiro atoms. The number of likely N-dealkylation sites (N-methyl/N-ethyl adjacent to an activating group) is 1. The van der Waals surface area contributed by atoms with E-state index in [0.717, 1.165) is 46.5 Å². The summed E-state index contributed by atoms with van der Waals surface area (Å²) < 4.78 is 7.01. The fourth-order valence-electron chi connectivity index (χ4n) is 4.68. The van der Waals surface area contributed by atoms with Crippen LogP contribution in [0.2, 0.25) is 0 Å². The number of hydrogen-bond donors (Lipinski definition) is 1. The van der Waals surface area contributed by atoms with Crippen molar-refractivity contribution in [2.45, 2.75) is 32.7 Å². The van der Waals surface area contributed by atoms with Gasteiger partial charge in [-0.3, -0.25) is 14.6 Å². The van der Waals surface area contributed by atoms with Crippen LogP contribution in [-0.2, 0) is 11.2 Å². The van der Waals surface area contributed by atoms with E-state index in [4.69, 9.17) is 4.74 Å². The van der Waals surface area contributed by atoms with E-state index in [1.807, 2.05) is 67.3 Å². The molecular weight excluding hydrogens is 498 g/mol. The number of fused-ring (bicyclic) bond motifs is 1. The van der Waals surface area contributed by atoms with E-state index in [9.17, 15) is 9.59 Å². The van der Waals surface area contributed by atoms with Crippen molar-refractivity contribution in [3.63, 3.8) is 0 Å². The fourth-order valence-corrected chi connectivity index (χ4v) is 5.72. The standard InChI is InChI=1S/C29H31N5O3S/c1-18-13-19(2)31-26(14-18)32-27(35)15-20-5-7-22(8-6-20)37-24-9-11-30-23-16-25(38-28(23)24)29(36)34-12-10-21(17-34)33(3)4/h5-9,11,13-14,16,21H,10,12,15,17H2,1-4H3,(H,31,32,35). The van der Waals surface area contributed by atoms with Gasteiger partial charge < -0.3 is 19.9 Å². The van der Waals surface area contributed by atoms with Crippen molar-refractivity contribution in [3.05, 3.63) is 76.4 Å². The quantitative estimate of drug-likeness (QED) is 0.360. The molecule has 0 aliphatic carbocycles. The smallest absolute Gasteiger partial charge is 0.264 e. The first-order chi connectivity index (χ1) is 18.2. The molecule has 5 rings (SSSR count). The molecule has 4 heterocycles. The average molecular weight is 530 g/mol. The molecule has 8 nitrogen and oxygen atoms in total. The van der Waals surface area contributed by atoms with Gasteiger partial charge in [0.25, 0.3) is 5.91 Å². The molecule has 9 heteroatoms. The molecule has 0 radical (unpaired) electrons. The molecule has 1 fully saturated rings. The molecule has 1 aromatic carbocycles. The number of amides is 2. The maximum Gasteiger partial charge on any atom is 0.264 e. The van der Waals surface area contributed by atoms with Gasteiger partial charge in [-0.1, -0.05) is 12.1 Å². The second-order valence-electron chi connectivity index (χ2n) is 9.93. The number of ether oxygens (including phenoxy) is 1. The average Bonchev–Trinajstić information content (AvgIpc) is 3.53. The summed E-state index contributed by atoms with van der Waals surface area (Å²) in [4.78, 5) is 39.2. The number of rotatable bonds is 7. The highest BCUT2D eigenvalue weighted by Gasteiger charge is 2.29. The Balaban J connectivity index is 1.25. The Labute approximate surface area is 226 Å². The number of carbonyl (C=O) groups excluding carboxylic acids is 2. The lowest BCUT2D eigenvalue weighted by Gasteiger charge is -2.19. The van der Waals surface area contributed by atoms with E-state index in [1.54, 1.807) is 6.20 Å². The number of carbonyl (C=O) groups is 2. The third-order valence-electron chi connectivity index (χ3n) is 6.65. The maximum absolute atomic E-state index is 13.1. The van der Waals surface area contributed by atoms with E-state index in [2.05, 4.69) is 34.3 Å². The summed E-state index contributed by atoms with van der Waals surface area (Å²) in [5.74, 6) is 1.77. The van der Waals surface area contributed by atoms with E-state index in [1.165, 1.54) is 11.3 Å². The van der Waals surface area contributed by atoms with Crippen molar-refractivity contribution in [2.75, 3.05) is 32.5 Å². The van der Waals surface area contributed by atoms with Crippen molar-refractivity contribution in [3.8, 4) is 11.5 Å². The maximum atomic E-state index is 13.1. The number of pyridine rings is 2. The van der Waals surface area contributed by atoms with Gasteiger partial charge in [0.1, 0.15) is 17.3 Å². The fraction of sp³-hybridized carbons (Fsp3) is 0.310. The predicted octanol–water partition coefficient (Wildman–Crippen LogP) is 5.06. The summed E-state index contributed by atoms with van der Waals surface area (Å²) in [6, 6.07) is 15.3. The van der Waals surface area contributed by atoms with Crippen molar-refractivity contribution in [2.24, 2.45) is 0 Å². The van der Waals surface area contributed by atoms with Crippen molar-refractivity contribution in [1.82, 2.24) is 19.8 Å². The van der Waals surface area contributed by atoms with Crippen LogP contribution in [0.3, 0.4) is 0 Å². The van der Waals surface area contributed by atoms with Gasteiger partial charge in [0.2, 0.25) is 5.91 Å². The molecule has 0 bridgehead atoms. The molecular formula is C29H31N5O3S. The SMILES string of the molecule is Cc1cc(C)nc(NC(=O)Cc2ccc(Oc3ccnc4cc(C(=O)N5CCC(N(C)C)C5)sc34)cc2)c1. The van der Waals surface area contributed by atoms with Gasteiger partial charge in [-0.2, -0.15) is 0 Å². The van der Waals surface area contributed by atoms with Crippen LogP contribution in [0.25, 0.3) is 10.2 Å². The number of aryl methyl sites for hydroxylation is 2. The van der Waals surface area contributed by atoms with Crippen molar-refractivity contribution >= 4 is 39.2 Å². The van der Waals surface area contributed by atoms with Crippen LogP contribution in [0.15, 0.2) is 54.7 Å². The largest absolute Gasteiger partial charge is 0.456 e. The van der Waals surface area contributed by atoms with Crippen LogP contribution in [0.1, 0.15) is 32.9 Å². The van der Waals surface area contributed by atoms with Crippen LogP contribution in [0.4, 0.5) is 5.82 Å². The second-order valence-corrected chi connectivity index (χ2v) is 11.0. The summed E-state index contributed by atoms with van der Waals surface area (Å²) >= 11 is 1.41. The molecule has 38 heavy (non-hydrogen) atoms. The number of nitrogens with zero attached hydrogens (tertiary/aromatic N) is 4. The number of aromatic nitrogens is 2. The van der Waals surface area contributed by atoms with Gasteiger partial charge in [0.15, 0.2) is 0 Å². The summed E-state index contributed by atoms with van der Waals surface area (Å²) in [6.07, 6.45) is 2.91. The molecule has 2 amide bonds. The van der Waals surface area contributed by atoms with Gasteiger partial charge in [-0.25, -0.2) is 4.98 Å². The minimum atomic E-state index is -0.127. The van der Waals surface area contributed by atoms with Crippen molar-refractivity contribution in [1.29, 1.82) is 0 Å². The number of thiophene rings is 1. The Morgan fingerprint density at radius 3 is 2.63 bits per heavy atom. The van der Waals surface area contributed by atoms with Gasteiger partial charge in [0.05, 0.1) is 21.5 Å². The Morgan fingerprint density at radius 2 is 1.92 bits per heavy atom. The lowest BCUT2D eigenvalue weighted by molar-refractivity contribution is -0.115. The normalized spacial score (nSPS) is 15.3. The molecule has 1 atom stereocenters. The minimum absolute atomic E-state index is 0.0435. The summed E-state index contributed by atoms with van der Waals surface area (Å²) in [6.45, 7) is 5.38. The highest BCUT2D eigenvalue weighted by molar-refractivity contribution is 7.21. The second kappa shape index (κ2) is 10.9. The van der Waals surface area contributed by atoms with Crippen LogP contribution < -0.4 is 10.1 Å². The molecule has 4 aromatic rings. The first kappa shape index (κ1) is 25.8. The first-order valence-corrected chi connectivity index (χ1v) is 13.4. The molecule has 1 unspecified atom stereocenters. The molecule has 1 saturated heterocycles. The predicted molar refractivity (Wildman–Crippen MR) is 150 cm³/mol. The Kier molecular flexibility index (Phi) is 7.40. The third-order valence-corrected chi connectivity index (χ3v) is 7.78. The Morgan fingerprint density at radius 1 is 1.13 bits per heavy atom. The number of benzene rings is 1. The zero-order chi connectivity index (χ0) is 26.8. The van der Waals surface area contributed by atoms with Crippen LogP contribution in [-0.4, -0.2) is 64.8 Å². The number of anilines is 1.